The first-order chi connectivity index (χ1) is 19.5. The van der Waals surface area contributed by atoms with Crippen LogP contribution >= 0.6 is 0 Å². The third kappa shape index (κ3) is 6.82. The van der Waals surface area contributed by atoms with E-state index in [2.05, 4.69) is 67.6 Å². The van der Waals surface area contributed by atoms with Crippen LogP contribution in [-0.2, 0) is 29.1 Å². The highest BCUT2D eigenvalue weighted by atomic mass is 16.5. The maximum atomic E-state index is 13.1. The number of ether oxygens (including phenoxy) is 1. The van der Waals surface area contributed by atoms with Crippen LogP contribution < -0.4 is 10.7 Å². The quantitative estimate of drug-likeness (QED) is 0.178. The maximum absolute atomic E-state index is 13.1. The fourth-order valence-corrected chi connectivity index (χ4v) is 4.49. The van der Waals surface area contributed by atoms with Gasteiger partial charge < -0.3 is 19.6 Å². The molecule has 0 radical (unpaired) electrons. The normalized spacial score (nSPS) is 11.9. The molecular formula is C31H30N6O3. The number of carbonyl (C=O) groups is 2. The van der Waals surface area contributed by atoms with Crippen LogP contribution in [0, 0.1) is 6.92 Å². The molecule has 1 atom stereocenters. The van der Waals surface area contributed by atoms with Crippen LogP contribution in [0.1, 0.15) is 27.9 Å². The van der Waals surface area contributed by atoms with E-state index in [-0.39, 0.29) is 13.0 Å². The second-order valence-corrected chi connectivity index (χ2v) is 9.49. The predicted molar refractivity (Wildman–Crippen MR) is 154 cm³/mol. The van der Waals surface area contributed by atoms with Gasteiger partial charge in [0.05, 0.1) is 12.5 Å². The molecule has 2 aromatic heterocycles. The lowest BCUT2D eigenvalue weighted by Gasteiger charge is -2.16. The number of fused-ring (bicyclic) bond motifs is 1. The number of hydrogen-bond donors (Lipinski definition) is 3. The monoisotopic (exact) mass is 534 g/mol. The standard InChI is InChI=1S/C31H30N6O3/c1-22-8-7-11-24(14-22)18-37-19-25(27-12-5-6-13-29(27)37)16-34-36-30(38)28(15-26-17-32-21-33-26)35-31(39)40-20-23-9-3-2-4-10-23/h2-14,16-17,19,21,28H,15,18,20H2,1H3,(H,32,33)(H,35,39)(H,36,38)/b34-16-/t28-/m0/s1. The Kier molecular flexibility index (Phi) is 8.31. The van der Waals surface area contributed by atoms with Gasteiger partial charge in [0.2, 0.25) is 0 Å². The van der Waals surface area contributed by atoms with E-state index in [9.17, 15) is 9.59 Å². The number of hydrogen-bond acceptors (Lipinski definition) is 5. The number of aromatic amines is 1. The number of para-hydroxylation sites is 1. The minimum atomic E-state index is -0.927. The number of nitrogens with zero attached hydrogens (tertiary/aromatic N) is 3. The number of imidazole rings is 1. The smallest absolute Gasteiger partial charge is 0.408 e. The number of alkyl carbamates (subject to hydrolysis) is 1. The predicted octanol–water partition coefficient (Wildman–Crippen LogP) is 4.71. The molecule has 40 heavy (non-hydrogen) atoms. The third-order valence-corrected chi connectivity index (χ3v) is 6.43. The summed E-state index contributed by atoms with van der Waals surface area (Å²) < 4.78 is 7.48. The van der Waals surface area contributed by atoms with Crippen LogP contribution in [0.3, 0.4) is 0 Å². The van der Waals surface area contributed by atoms with E-state index in [0.717, 1.165) is 22.0 Å². The van der Waals surface area contributed by atoms with Gasteiger partial charge >= 0.3 is 6.09 Å². The molecule has 0 bridgehead atoms. The first-order valence-electron chi connectivity index (χ1n) is 13.0. The van der Waals surface area contributed by atoms with Gasteiger partial charge in [-0.05, 0) is 24.1 Å². The number of benzene rings is 3. The van der Waals surface area contributed by atoms with Gasteiger partial charge in [-0.1, -0.05) is 78.4 Å². The average molecular weight is 535 g/mol. The average Bonchev–Trinajstić information content (AvgIpc) is 3.60. The second kappa shape index (κ2) is 12.6. The van der Waals surface area contributed by atoms with Crippen LogP contribution in [0.2, 0.25) is 0 Å². The number of aromatic nitrogens is 3. The first kappa shape index (κ1) is 26.4. The van der Waals surface area contributed by atoms with Gasteiger partial charge in [-0.3, -0.25) is 4.79 Å². The van der Waals surface area contributed by atoms with Crippen molar-refractivity contribution in [1.29, 1.82) is 0 Å². The Morgan fingerprint density at radius 1 is 1.05 bits per heavy atom. The zero-order valence-electron chi connectivity index (χ0n) is 22.1. The van der Waals surface area contributed by atoms with E-state index < -0.39 is 18.0 Å². The van der Waals surface area contributed by atoms with Crippen molar-refractivity contribution in [2.75, 3.05) is 0 Å². The SMILES string of the molecule is Cc1cccc(Cn2cc(/C=N\NC(=O)[C@H](Cc3cnc[nH]3)NC(=O)OCc3ccccc3)c3ccccc32)c1. The summed E-state index contributed by atoms with van der Waals surface area (Å²) in [5.74, 6) is -0.481. The van der Waals surface area contributed by atoms with Crippen LogP contribution in [0.15, 0.2) is 103 Å². The largest absolute Gasteiger partial charge is 0.445 e. The molecule has 0 aliphatic heterocycles. The summed E-state index contributed by atoms with van der Waals surface area (Å²) in [7, 11) is 0. The van der Waals surface area contributed by atoms with E-state index in [0.29, 0.717) is 12.2 Å². The molecule has 0 fully saturated rings. The molecule has 202 valence electrons. The minimum absolute atomic E-state index is 0.0931. The molecule has 9 nitrogen and oxygen atoms in total. The number of H-pyrrole nitrogens is 1. The number of nitrogens with one attached hydrogen (secondary N) is 3. The lowest BCUT2D eigenvalue weighted by molar-refractivity contribution is -0.123. The van der Waals surface area contributed by atoms with Crippen molar-refractivity contribution in [3.05, 3.63) is 126 Å². The molecule has 0 saturated heterocycles. The molecule has 0 saturated carbocycles. The number of aryl methyl sites for hydroxylation is 1. The zero-order valence-corrected chi connectivity index (χ0v) is 22.1. The molecule has 3 aromatic carbocycles. The Morgan fingerprint density at radius 3 is 2.65 bits per heavy atom. The van der Waals surface area contributed by atoms with Crippen molar-refractivity contribution in [2.24, 2.45) is 5.10 Å². The van der Waals surface area contributed by atoms with E-state index in [1.54, 1.807) is 12.4 Å². The molecule has 0 unspecified atom stereocenters. The van der Waals surface area contributed by atoms with Crippen LogP contribution in [0.25, 0.3) is 10.9 Å². The zero-order chi connectivity index (χ0) is 27.7. The van der Waals surface area contributed by atoms with Crippen LogP contribution in [-0.4, -0.2) is 38.8 Å². The van der Waals surface area contributed by atoms with Gasteiger partial charge in [0.1, 0.15) is 12.6 Å². The van der Waals surface area contributed by atoms with Crippen LogP contribution in [0.4, 0.5) is 4.79 Å². The molecule has 5 rings (SSSR count). The molecule has 0 spiro atoms. The molecule has 5 aromatic rings. The number of amides is 2. The molecule has 2 amide bonds. The summed E-state index contributed by atoms with van der Waals surface area (Å²) in [6.45, 7) is 2.88. The van der Waals surface area contributed by atoms with Gasteiger partial charge in [-0.2, -0.15) is 5.10 Å². The molecule has 3 N–H and O–H groups in total. The fraction of sp³-hybridized carbons (Fsp3) is 0.161. The van der Waals surface area contributed by atoms with Crippen molar-refractivity contribution in [3.8, 4) is 0 Å². The lowest BCUT2D eigenvalue weighted by atomic mass is 10.1. The highest BCUT2D eigenvalue weighted by molar-refractivity contribution is 6.00. The number of hydrazone groups is 1. The second-order valence-electron chi connectivity index (χ2n) is 9.49. The summed E-state index contributed by atoms with van der Waals surface area (Å²) in [4.78, 5) is 32.5. The van der Waals surface area contributed by atoms with Gasteiger partial charge in [-0.25, -0.2) is 15.2 Å². The van der Waals surface area contributed by atoms with E-state index in [1.807, 2.05) is 54.7 Å². The Bertz CT molecular complexity index is 1610. The van der Waals surface area contributed by atoms with Crippen LogP contribution in [0.5, 0.6) is 0 Å². The Morgan fingerprint density at radius 2 is 1.85 bits per heavy atom. The maximum Gasteiger partial charge on any atom is 0.408 e. The van der Waals surface area contributed by atoms with Gasteiger partial charge in [-0.15, -0.1) is 0 Å². The van der Waals surface area contributed by atoms with Crippen molar-refractivity contribution in [2.45, 2.75) is 32.5 Å². The van der Waals surface area contributed by atoms with Crippen molar-refractivity contribution in [1.82, 2.24) is 25.3 Å². The number of rotatable bonds is 10. The molecular weight excluding hydrogens is 504 g/mol. The highest BCUT2D eigenvalue weighted by Gasteiger charge is 2.22. The summed E-state index contributed by atoms with van der Waals surface area (Å²) >= 11 is 0. The van der Waals surface area contributed by atoms with E-state index in [1.165, 1.54) is 17.5 Å². The third-order valence-electron chi connectivity index (χ3n) is 6.43. The first-order valence-corrected chi connectivity index (χ1v) is 13.0. The van der Waals surface area contributed by atoms with Gasteiger partial charge in [0.15, 0.2) is 0 Å². The summed E-state index contributed by atoms with van der Waals surface area (Å²) in [5, 5.41) is 7.88. The number of carbonyl (C=O) groups excluding carboxylic acids is 2. The fourth-order valence-electron chi connectivity index (χ4n) is 4.49. The van der Waals surface area contributed by atoms with Gasteiger partial charge in [0.25, 0.3) is 5.91 Å². The Hall–Kier alpha value is -5.18. The highest BCUT2D eigenvalue weighted by Crippen LogP contribution is 2.21. The topological polar surface area (TPSA) is 113 Å². The molecule has 0 aliphatic rings. The van der Waals surface area contributed by atoms with Gasteiger partial charge in [0, 0.05) is 47.5 Å². The molecule has 2 heterocycles. The van der Waals surface area contributed by atoms with Crippen molar-refractivity contribution >= 4 is 29.1 Å². The molecule has 0 aliphatic carbocycles. The van der Waals surface area contributed by atoms with Crippen molar-refractivity contribution < 1.29 is 14.3 Å². The van der Waals surface area contributed by atoms with Crippen molar-refractivity contribution in [3.63, 3.8) is 0 Å². The Labute approximate surface area is 231 Å². The summed E-state index contributed by atoms with van der Waals surface area (Å²) in [6.07, 6.45) is 6.24. The van der Waals surface area contributed by atoms with E-state index in [4.69, 9.17) is 4.74 Å². The molecule has 9 heteroatoms. The lowest BCUT2D eigenvalue weighted by Crippen LogP contribution is -2.47. The summed E-state index contributed by atoms with van der Waals surface area (Å²) in [5.41, 5.74) is 8.44. The summed E-state index contributed by atoms with van der Waals surface area (Å²) in [6, 6.07) is 24.9. The van der Waals surface area contributed by atoms with E-state index >= 15 is 0 Å². The minimum Gasteiger partial charge on any atom is -0.445 e. The Balaban J connectivity index is 1.27.